The van der Waals surface area contributed by atoms with Crippen molar-refractivity contribution in [3.63, 3.8) is 0 Å². The zero-order valence-electron chi connectivity index (χ0n) is 13.4. The maximum Gasteiger partial charge on any atom is 0.251 e. The third kappa shape index (κ3) is 5.39. The van der Waals surface area contributed by atoms with Crippen molar-refractivity contribution < 1.29 is 13.9 Å². The van der Waals surface area contributed by atoms with Crippen LogP contribution in [-0.4, -0.2) is 19.6 Å². The second-order valence-electron chi connectivity index (χ2n) is 5.16. The number of hydrogen-bond acceptors (Lipinski definition) is 4. The second kappa shape index (κ2) is 9.35. The number of halogens is 1. The minimum absolute atomic E-state index is 0. The SMILES string of the molecule is COCCC(NC(=O)c1ccc(CN)cc1)c1ccc(C)o1.Cl. The Morgan fingerprint density at radius 1 is 1.26 bits per heavy atom. The van der Waals surface area contributed by atoms with E-state index in [2.05, 4.69) is 5.32 Å². The lowest BCUT2D eigenvalue weighted by Crippen LogP contribution is -2.29. The summed E-state index contributed by atoms with van der Waals surface area (Å²) in [5.41, 5.74) is 7.16. The Labute approximate surface area is 142 Å². The van der Waals surface area contributed by atoms with Gasteiger partial charge in [-0.1, -0.05) is 12.1 Å². The number of carbonyl (C=O) groups excluding carboxylic acids is 1. The maximum atomic E-state index is 12.4. The van der Waals surface area contributed by atoms with E-state index in [0.717, 1.165) is 17.1 Å². The molecule has 1 atom stereocenters. The highest BCUT2D eigenvalue weighted by atomic mass is 35.5. The van der Waals surface area contributed by atoms with Crippen molar-refractivity contribution in [2.24, 2.45) is 5.73 Å². The second-order valence-corrected chi connectivity index (χ2v) is 5.16. The third-order valence-corrected chi connectivity index (χ3v) is 3.47. The highest BCUT2D eigenvalue weighted by Gasteiger charge is 2.18. The molecule has 2 rings (SSSR count). The molecule has 0 fully saturated rings. The minimum atomic E-state index is -0.213. The first-order valence-electron chi connectivity index (χ1n) is 7.29. The highest BCUT2D eigenvalue weighted by Crippen LogP contribution is 2.20. The van der Waals surface area contributed by atoms with Crippen LogP contribution in [-0.2, 0) is 11.3 Å². The van der Waals surface area contributed by atoms with Gasteiger partial charge in [0.25, 0.3) is 5.91 Å². The molecule has 126 valence electrons. The molecule has 1 aromatic carbocycles. The molecular weight excluding hydrogens is 316 g/mol. The van der Waals surface area contributed by atoms with Crippen molar-refractivity contribution in [1.82, 2.24) is 5.32 Å². The monoisotopic (exact) mass is 338 g/mol. The molecule has 1 heterocycles. The predicted octanol–water partition coefficient (Wildman–Crippen LogP) is 2.98. The van der Waals surface area contributed by atoms with Crippen molar-refractivity contribution in [2.75, 3.05) is 13.7 Å². The van der Waals surface area contributed by atoms with Gasteiger partial charge in [-0.15, -0.1) is 12.4 Å². The van der Waals surface area contributed by atoms with E-state index in [4.69, 9.17) is 14.9 Å². The van der Waals surface area contributed by atoms with Crippen molar-refractivity contribution in [2.45, 2.75) is 25.9 Å². The Kier molecular flexibility index (Phi) is 7.81. The quantitative estimate of drug-likeness (QED) is 0.813. The van der Waals surface area contributed by atoms with Crippen molar-refractivity contribution >= 4 is 18.3 Å². The van der Waals surface area contributed by atoms with Crippen LogP contribution in [0.5, 0.6) is 0 Å². The van der Waals surface area contributed by atoms with E-state index in [-0.39, 0.29) is 24.4 Å². The van der Waals surface area contributed by atoms with Gasteiger partial charge in [-0.25, -0.2) is 0 Å². The van der Waals surface area contributed by atoms with E-state index in [0.29, 0.717) is 25.1 Å². The zero-order valence-corrected chi connectivity index (χ0v) is 14.2. The lowest BCUT2D eigenvalue weighted by Gasteiger charge is -2.16. The number of ether oxygens (including phenoxy) is 1. The fourth-order valence-electron chi connectivity index (χ4n) is 2.20. The van der Waals surface area contributed by atoms with Crippen LogP contribution in [0.1, 0.15) is 39.9 Å². The molecule has 0 aliphatic carbocycles. The van der Waals surface area contributed by atoms with Crippen LogP contribution in [0.2, 0.25) is 0 Å². The maximum absolute atomic E-state index is 12.4. The summed E-state index contributed by atoms with van der Waals surface area (Å²) in [5.74, 6) is 1.42. The lowest BCUT2D eigenvalue weighted by molar-refractivity contribution is 0.0917. The topological polar surface area (TPSA) is 77.5 Å². The minimum Gasteiger partial charge on any atom is -0.464 e. The number of amides is 1. The number of nitrogens with one attached hydrogen (secondary N) is 1. The van der Waals surface area contributed by atoms with Gasteiger partial charge in [0, 0.05) is 25.8 Å². The van der Waals surface area contributed by atoms with E-state index in [1.54, 1.807) is 19.2 Å². The van der Waals surface area contributed by atoms with E-state index in [1.807, 2.05) is 31.2 Å². The molecule has 3 N–H and O–H groups in total. The van der Waals surface area contributed by atoms with Gasteiger partial charge in [0.05, 0.1) is 6.04 Å². The molecule has 1 amide bonds. The Hall–Kier alpha value is -1.82. The fourth-order valence-corrected chi connectivity index (χ4v) is 2.20. The Balaban J connectivity index is 0.00000264. The van der Waals surface area contributed by atoms with Gasteiger partial charge in [0.15, 0.2) is 0 Å². The number of furan rings is 1. The normalized spacial score (nSPS) is 11.6. The van der Waals surface area contributed by atoms with Gasteiger partial charge in [-0.3, -0.25) is 4.79 Å². The number of hydrogen-bond donors (Lipinski definition) is 2. The third-order valence-electron chi connectivity index (χ3n) is 3.47. The number of carbonyl (C=O) groups is 1. The number of benzene rings is 1. The molecule has 6 heteroatoms. The Morgan fingerprint density at radius 3 is 2.48 bits per heavy atom. The van der Waals surface area contributed by atoms with Gasteiger partial charge in [0.1, 0.15) is 11.5 Å². The summed E-state index contributed by atoms with van der Waals surface area (Å²) in [6.45, 7) is 2.88. The number of nitrogens with two attached hydrogens (primary N) is 1. The smallest absolute Gasteiger partial charge is 0.251 e. The molecule has 0 saturated carbocycles. The molecule has 0 radical (unpaired) electrons. The Morgan fingerprint density at radius 2 is 1.96 bits per heavy atom. The molecule has 0 aliphatic heterocycles. The molecule has 0 bridgehead atoms. The van der Waals surface area contributed by atoms with Gasteiger partial charge in [-0.05, 0) is 43.2 Å². The van der Waals surface area contributed by atoms with Gasteiger partial charge < -0.3 is 20.2 Å². The van der Waals surface area contributed by atoms with Crippen LogP contribution in [0.3, 0.4) is 0 Å². The molecule has 0 spiro atoms. The molecule has 0 saturated heterocycles. The fraction of sp³-hybridized carbons (Fsp3) is 0.353. The molecule has 1 unspecified atom stereocenters. The first-order chi connectivity index (χ1) is 10.6. The van der Waals surface area contributed by atoms with Gasteiger partial charge in [-0.2, -0.15) is 0 Å². The van der Waals surface area contributed by atoms with E-state index >= 15 is 0 Å². The summed E-state index contributed by atoms with van der Waals surface area (Å²) in [5, 5.41) is 2.99. The van der Waals surface area contributed by atoms with Crippen LogP contribution < -0.4 is 11.1 Å². The summed E-state index contributed by atoms with van der Waals surface area (Å²) >= 11 is 0. The summed E-state index contributed by atoms with van der Waals surface area (Å²) in [6.07, 6.45) is 0.649. The van der Waals surface area contributed by atoms with Crippen molar-refractivity contribution in [1.29, 1.82) is 0 Å². The summed E-state index contributed by atoms with van der Waals surface area (Å²) in [6, 6.07) is 10.8. The van der Waals surface area contributed by atoms with Gasteiger partial charge >= 0.3 is 0 Å². The average molecular weight is 339 g/mol. The van der Waals surface area contributed by atoms with Crippen LogP contribution >= 0.6 is 12.4 Å². The molecular formula is C17H23ClN2O3. The summed E-state index contributed by atoms with van der Waals surface area (Å²) in [4.78, 5) is 12.4. The number of methoxy groups -OCH3 is 1. The predicted molar refractivity (Wildman–Crippen MR) is 91.7 cm³/mol. The molecule has 5 nitrogen and oxygen atoms in total. The van der Waals surface area contributed by atoms with Crippen molar-refractivity contribution in [3.05, 3.63) is 59.0 Å². The standard InChI is InChI=1S/C17H22N2O3.ClH/c1-12-3-8-16(22-12)15(9-10-21-2)19-17(20)14-6-4-13(11-18)5-7-14;/h3-8,15H,9-11,18H2,1-2H3,(H,19,20);1H. The first-order valence-corrected chi connectivity index (χ1v) is 7.29. The van der Waals surface area contributed by atoms with Gasteiger partial charge in [0.2, 0.25) is 0 Å². The van der Waals surface area contributed by atoms with E-state index in [1.165, 1.54) is 0 Å². The van der Waals surface area contributed by atoms with Crippen LogP contribution in [0.25, 0.3) is 0 Å². The summed E-state index contributed by atoms with van der Waals surface area (Å²) in [7, 11) is 1.64. The Bertz CT molecular complexity index is 611. The van der Waals surface area contributed by atoms with Crippen molar-refractivity contribution in [3.8, 4) is 0 Å². The van der Waals surface area contributed by atoms with E-state index < -0.39 is 0 Å². The molecule has 2 aromatic rings. The largest absolute Gasteiger partial charge is 0.464 e. The molecule has 0 aliphatic rings. The van der Waals surface area contributed by atoms with Crippen LogP contribution in [0.15, 0.2) is 40.8 Å². The van der Waals surface area contributed by atoms with Crippen LogP contribution in [0.4, 0.5) is 0 Å². The zero-order chi connectivity index (χ0) is 15.9. The number of aryl methyl sites for hydroxylation is 1. The average Bonchev–Trinajstić information content (AvgIpc) is 2.97. The first kappa shape index (κ1) is 19.2. The lowest BCUT2D eigenvalue weighted by atomic mass is 10.1. The highest BCUT2D eigenvalue weighted by molar-refractivity contribution is 5.94. The number of rotatable bonds is 7. The van der Waals surface area contributed by atoms with Crippen LogP contribution in [0, 0.1) is 6.92 Å². The summed E-state index contributed by atoms with van der Waals surface area (Å²) < 4.78 is 10.7. The van der Waals surface area contributed by atoms with E-state index in [9.17, 15) is 4.79 Å². The molecule has 1 aromatic heterocycles. The molecule has 23 heavy (non-hydrogen) atoms.